The van der Waals surface area contributed by atoms with Gasteiger partial charge in [-0.1, -0.05) is 33.6 Å². The zero-order chi connectivity index (χ0) is 14.6. The van der Waals surface area contributed by atoms with Crippen molar-refractivity contribution in [2.24, 2.45) is 0 Å². The fourth-order valence-corrected chi connectivity index (χ4v) is 2.37. The fraction of sp³-hybridized carbons (Fsp3) is 0.429. The Morgan fingerprint density at radius 1 is 1.26 bits per heavy atom. The smallest absolute Gasteiger partial charge is 0.321 e. The van der Waals surface area contributed by atoms with Crippen LogP contribution in [0.5, 0.6) is 0 Å². The highest BCUT2D eigenvalue weighted by atomic mass is 79.9. The molecular weight excluding hydrogens is 310 g/mol. The van der Waals surface area contributed by atoms with Crippen molar-refractivity contribution in [2.45, 2.75) is 25.6 Å². The predicted molar refractivity (Wildman–Crippen MR) is 77.7 cm³/mol. The third kappa shape index (κ3) is 4.06. The van der Waals surface area contributed by atoms with Crippen molar-refractivity contribution in [1.82, 2.24) is 5.32 Å². The van der Waals surface area contributed by atoms with E-state index in [9.17, 15) is 9.59 Å². The maximum absolute atomic E-state index is 12.1. The molecule has 0 aliphatic carbocycles. The molecule has 0 aliphatic heterocycles. The number of halogens is 1. The molecule has 0 aliphatic rings. The van der Waals surface area contributed by atoms with E-state index in [4.69, 9.17) is 0 Å². The Morgan fingerprint density at radius 3 is 2.26 bits per heavy atom. The molecule has 1 aromatic carbocycles. The molecule has 4 nitrogen and oxygen atoms in total. The fourth-order valence-electron chi connectivity index (χ4n) is 2.02. The van der Waals surface area contributed by atoms with Crippen molar-refractivity contribution in [2.75, 3.05) is 13.7 Å². The van der Waals surface area contributed by atoms with Crippen LogP contribution in [0.2, 0.25) is 0 Å². The van der Waals surface area contributed by atoms with Crippen LogP contribution in [-0.2, 0) is 9.53 Å². The molecule has 104 valence electrons. The number of rotatable bonds is 4. The van der Waals surface area contributed by atoms with Crippen LogP contribution in [0, 0.1) is 20.8 Å². The molecule has 0 aromatic heterocycles. The summed E-state index contributed by atoms with van der Waals surface area (Å²) in [4.78, 5) is 22.8. The quantitative estimate of drug-likeness (QED) is 0.681. The van der Waals surface area contributed by atoms with Gasteiger partial charge in [-0.25, -0.2) is 0 Å². The van der Waals surface area contributed by atoms with Crippen LogP contribution in [0.25, 0.3) is 0 Å². The summed E-state index contributed by atoms with van der Waals surface area (Å²) in [5.74, 6) is -0.582. The maximum atomic E-state index is 12.1. The molecule has 1 amide bonds. The van der Waals surface area contributed by atoms with Gasteiger partial charge in [0.2, 0.25) is 0 Å². The van der Waals surface area contributed by atoms with Gasteiger partial charge in [0.1, 0.15) is 4.83 Å². The summed E-state index contributed by atoms with van der Waals surface area (Å²) in [6, 6.07) is 3.93. The molecule has 1 N–H and O–H groups in total. The van der Waals surface area contributed by atoms with E-state index in [2.05, 4.69) is 26.0 Å². The van der Waals surface area contributed by atoms with Crippen LogP contribution in [0.15, 0.2) is 12.1 Å². The Bertz CT molecular complexity index is 476. The van der Waals surface area contributed by atoms with Gasteiger partial charge in [-0.2, -0.15) is 0 Å². The highest BCUT2D eigenvalue weighted by Crippen LogP contribution is 2.16. The minimum absolute atomic E-state index is 0.177. The number of alkyl halides is 1. The normalized spacial score (nSPS) is 11.8. The molecule has 1 unspecified atom stereocenters. The first-order chi connectivity index (χ1) is 8.86. The number of hydrogen-bond acceptors (Lipinski definition) is 3. The van der Waals surface area contributed by atoms with Crippen molar-refractivity contribution in [3.05, 3.63) is 34.4 Å². The lowest BCUT2D eigenvalue weighted by Crippen LogP contribution is -2.34. The first-order valence-electron chi connectivity index (χ1n) is 5.94. The first-order valence-corrected chi connectivity index (χ1v) is 6.86. The molecule has 0 saturated carbocycles. The van der Waals surface area contributed by atoms with Crippen LogP contribution < -0.4 is 5.32 Å². The second-order valence-electron chi connectivity index (χ2n) is 4.47. The number of carbonyl (C=O) groups is 2. The van der Waals surface area contributed by atoms with Crippen molar-refractivity contribution in [3.63, 3.8) is 0 Å². The maximum Gasteiger partial charge on any atom is 0.321 e. The summed E-state index contributed by atoms with van der Waals surface area (Å²) in [5, 5.41) is 2.73. The minimum Gasteiger partial charge on any atom is -0.468 e. The molecule has 0 saturated heterocycles. The Labute approximate surface area is 121 Å². The third-order valence-electron chi connectivity index (χ3n) is 2.80. The molecule has 0 spiro atoms. The second-order valence-corrected chi connectivity index (χ2v) is 5.58. The number of amides is 1. The topological polar surface area (TPSA) is 55.4 Å². The van der Waals surface area contributed by atoms with Gasteiger partial charge in [-0.3, -0.25) is 9.59 Å². The number of ether oxygens (including phenoxy) is 1. The molecule has 0 fully saturated rings. The van der Waals surface area contributed by atoms with Gasteiger partial charge in [-0.15, -0.1) is 0 Å². The summed E-state index contributed by atoms with van der Waals surface area (Å²) in [5.41, 5.74) is 3.65. The molecule has 1 aromatic rings. The highest BCUT2D eigenvalue weighted by Gasteiger charge is 2.18. The van der Waals surface area contributed by atoms with E-state index < -0.39 is 10.8 Å². The van der Waals surface area contributed by atoms with Crippen LogP contribution in [-0.4, -0.2) is 30.4 Å². The zero-order valence-electron chi connectivity index (χ0n) is 11.5. The molecule has 1 rings (SSSR count). The summed E-state index contributed by atoms with van der Waals surface area (Å²) >= 11 is 3.16. The molecular formula is C14H18BrNO3. The van der Waals surface area contributed by atoms with Gasteiger partial charge in [0.05, 0.1) is 7.11 Å². The van der Waals surface area contributed by atoms with Crippen LogP contribution in [0.3, 0.4) is 0 Å². The molecule has 0 radical (unpaired) electrons. The summed E-state index contributed by atoms with van der Waals surface area (Å²) in [6.07, 6.45) is 0. The standard InChI is InChI=1S/C14H18BrNO3/c1-8-5-9(2)12(10(3)6-8)13(17)16-7-11(15)14(18)19-4/h5-6,11H,7H2,1-4H3,(H,16,17). The molecule has 19 heavy (non-hydrogen) atoms. The van der Waals surface area contributed by atoms with Gasteiger partial charge >= 0.3 is 5.97 Å². The summed E-state index contributed by atoms with van der Waals surface area (Å²) in [6.45, 7) is 5.99. The number of esters is 1. The predicted octanol–water partition coefficient (Wildman–Crippen LogP) is 2.28. The third-order valence-corrected chi connectivity index (χ3v) is 3.50. The lowest BCUT2D eigenvalue weighted by Gasteiger charge is -2.13. The van der Waals surface area contributed by atoms with Crippen LogP contribution >= 0.6 is 15.9 Å². The van der Waals surface area contributed by atoms with E-state index >= 15 is 0 Å². The number of methoxy groups -OCH3 is 1. The highest BCUT2D eigenvalue weighted by molar-refractivity contribution is 9.10. The van der Waals surface area contributed by atoms with E-state index in [1.165, 1.54) is 7.11 Å². The minimum atomic E-state index is -0.535. The molecule has 0 heterocycles. The second kappa shape index (κ2) is 6.70. The van der Waals surface area contributed by atoms with E-state index in [1.54, 1.807) is 0 Å². The van der Waals surface area contributed by atoms with Gasteiger partial charge in [0.15, 0.2) is 0 Å². The SMILES string of the molecule is COC(=O)C(Br)CNC(=O)c1c(C)cc(C)cc1C. The summed E-state index contributed by atoms with van der Waals surface area (Å²) < 4.78 is 4.58. The van der Waals surface area contributed by atoms with Gasteiger partial charge < -0.3 is 10.1 Å². The molecule has 0 bridgehead atoms. The van der Waals surface area contributed by atoms with Crippen LogP contribution in [0.1, 0.15) is 27.0 Å². The van der Waals surface area contributed by atoms with E-state index in [1.807, 2.05) is 32.9 Å². The number of aryl methyl sites for hydroxylation is 3. The van der Waals surface area contributed by atoms with Crippen LogP contribution in [0.4, 0.5) is 0 Å². The first kappa shape index (κ1) is 15.7. The van der Waals surface area contributed by atoms with Gasteiger partial charge in [0.25, 0.3) is 5.91 Å². The van der Waals surface area contributed by atoms with Crippen molar-refractivity contribution >= 4 is 27.8 Å². The number of carbonyl (C=O) groups excluding carboxylic acids is 2. The zero-order valence-corrected chi connectivity index (χ0v) is 13.1. The Balaban J connectivity index is 2.77. The lowest BCUT2D eigenvalue weighted by molar-refractivity contribution is -0.139. The Kier molecular flexibility index (Phi) is 5.54. The van der Waals surface area contributed by atoms with Gasteiger partial charge in [0, 0.05) is 12.1 Å². The average molecular weight is 328 g/mol. The average Bonchev–Trinajstić information content (AvgIpc) is 2.33. The van der Waals surface area contributed by atoms with Crippen molar-refractivity contribution in [3.8, 4) is 0 Å². The van der Waals surface area contributed by atoms with Crippen molar-refractivity contribution < 1.29 is 14.3 Å². The molecule has 1 atom stereocenters. The number of hydrogen-bond donors (Lipinski definition) is 1. The van der Waals surface area contributed by atoms with Crippen molar-refractivity contribution in [1.29, 1.82) is 0 Å². The molecule has 5 heteroatoms. The van der Waals surface area contributed by atoms with E-state index in [-0.39, 0.29) is 12.5 Å². The van der Waals surface area contributed by atoms with E-state index in [0.717, 1.165) is 16.7 Å². The number of nitrogens with one attached hydrogen (secondary N) is 1. The van der Waals surface area contributed by atoms with E-state index in [0.29, 0.717) is 5.56 Å². The Morgan fingerprint density at radius 2 is 1.79 bits per heavy atom. The van der Waals surface area contributed by atoms with Gasteiger partial charge in [-0.05, 0) is 31.9 Å². The summed E-state index contributed by atoms with van der Waals surface area (Å²) in [7, 11) is 1.31. The largest absolute Gasteiger partial charge is 0.468 e. The monoisotopic (exact) mass is 327 g/mol. The Hall–Kier alpha value is -1.36. The lowest BCUT2D eigenvalue weighted by atomic mass is 9.99. The number of benzene rings is 1.